The van der Waals surface area contributed by atoms with Crippen molar-refractivity contribution in [1.82, 2.24) is 15.6 Å². The maximum Gasteiger partial charge on any atom is 0.319 e. The fraction of sp³-hybridized carbons (Fsp3) is 0.389. The highest BCUT2D eigenvalue weighted by molar-refractivity contribution is 5.92. The average Bonchev–Trinajstić information content (AvgIpc) is 3.32. The quantitative estimate of drug-likeness (QED) is 0.752. The van der Waals surface area contributed by atoms with Crippen molar-refractivity contribution in [3.05, 3.63) is 35.7 Å². The van der Waals surface area contributed by atoms with Gasteiger partial charge in [-0.3, -0.25) is 4.79 Å². The lowest BCUT2D eigenvalue weighted by atomic mass is 10.1. The molecule has 0 saturated heterocycles. The van der Waals surface area contributed by atoms with Crippen LogP contribution in [-0.2, 0) is 4.79 Å². The number of oxazole rings is 1. The Morgan fingerprint density at radius 1 is 1.24 bits per heavy atom. The van der Waals surface area contributed by atoms with Gasteiger partial charge in [-0.05, 0) is 50.3 Å². The van der Waals surface area contributed by atoms with Crippen LogP contribution in [0.25, 0.3) is 11.5 Å². The summed E-state index contributed by atoms with van der Waals surface area (Å²) < 4.78 is 5.43. The number of carbonyl (C=O) groups excluding carboxylic acids is 2. The Kier molecular flexibility index (Phi) is 5.02. The summed E-state index contributed by atoms with van der Waals surface area (Å²) in [6.45, 7) is 4.45. The van der Waals surface area contributed by atoms with Crippen molar-refractivity contribution in [2.75, 3.05) is 18.4 Å². The molecule has 2 aromatic rings. The third-order valence-electron chi connectivity index (χ3n) is 4.04. The number of aromatic nitrogens is 1. The minimum absolute atomic E-state index is 0.0454. The molecule has 1 aromatic carbocycles. The Labute approximate surface area is 146 Å². The van der Waals surface area contributed by atoms with E-state index >= 15 is 0 Å². The summed E-state index contributed by atoms with van der Waals surface area (Å²) in [5, 5.41) is 8.07. The summed E-state index contributed by atoms with van der Waals surface area (Å²) >= 11 is 0. The van der Waals surface area contributed by atoms with Crippen molar-refractivity contribution in [3.63, 3.8) is 0 Å². The number of urea groups is 1. The van der Waals surface area contributed by atoms with Gasteiger partial charge in [0.05, 0.1) is 12.2 Å². The van der Waals surface area contributed by atoms with E-state index in [1.807, 2.05) is 19.9 Å². The van der Waals surface area contributed by atoms with Gasteiger partial charge in [-0.1, -0.05) is 6.07 Å². The Morgan fingerprint density at radius 3 is 2.72 bits per heavy atom. The summed E-state index contributed by atoms with van der Waals surface area (Å²) in [6.07, 6.45) is 3.93. The molecule has 1 aromatic heterocycles. The van der Waals surface area contributed by atoms with E-state index in [1.54, 1.807) is 18.4 Å². The monoisotopic (exact) mass is 342 g/mol. The van der Waals surface area contributed by atoms with Crippen LogP contribution in [0.3, 0.4) is 0 Å². The first-order valence-corrected chi connectivity index (χ1v) is 8.36. The van der Waals surface area contributed by atoms with Crippen molar-refractivity contribution in [3.8, 4) is 11.5 Å². The molecule has 3 amide bonds. The van der Waals surface area contributed by atoms with Gasteiger partial charge in [-0.25, -0.2) is 9.78 Å². The van der Waals surface area contributed by atoms with Gasteiger partial charge in [0, 0.05) is 17.8 Å². The SMILES string of the molecule is Cc1coc(-c2cc(NC(=O)NCC(=O)NCC3CC3)ccc2C)n1. The zero-order valence-electron chi connectivity index (χ0n) is 14.4. The van der Waals surface area contributed by atoms with Gasteiger partial charge < -0.3 is 20.4 Å². The van der Waals surface area contributed by atoms with E-state index in [4.69, 9.17) is 4.42 Å². The summed E-state index contributed by atoms with van der Waals surface area (Å²) in [4.78, 5) is 27.9. The minimum atomic E-state index is -0.431. The molecular weight excluding hydrogens is 320 g/mol. The summed E-state index contributed by atoms with van der Waals surface area (Å²) in [7, 11) is 0. The van der Waals surface area contributed by atoms with E-state index in [0.29, 0.717) is 24.0 Å². The topological polar surface area (TPSA) is 96.3 Å². The van der Waals surface area contributed by atoms with Gasteiger partial charge >= 0.3 is 6.03 Å². The zero-order chi connectivity index (χ0) is 17.8. The van der Waals surface area contributed by atoms with Crippen molar-refractivity contribution >= 4 is 17.6 Å². The van der Waals surface area contributed by atoms with Crippen LogP contribution in [0.4, 0.5) is 10.5 Å². The molecule has 0 atom stereocenters. The highest BCUT2D eigenvalue weighted by atomic mass is 16.3. The fourth-order valence-corrected chi connectivity index (χ4v) is 2.39. The Morgan fingerprint density at radius 2 is 2.04 bits per heavy atom. The molecule has 0 radical (unpaired) electrons. The first-order chi connectivity index (χ1) is 12.0. The molecule has 0 aliphatic heterocycles. The minimum Gasteiger partial charge on any atom is -0.444 e. The molecule has 1 fully saturated rings. The number of anilines is 1. The molecule has 0 spiro atoms. The lowest BCUT2D eigenvalue weighted by Gasteiger charge is -2.10. The lowest BCUT2D eigenvalue weighted by molar-refractivity contribution is -0.120. The van der Waals surface area contributed by atoms with Crippen molar-refractivity contribution in [2.24, 2.45) is 5.92 Å². The number of nitrogens with zero attached hydrogens (tertiary/aromatic N) is 1. The third-order valence-corrected chi connectivity index (χ3v) is 4.04. The van der Waals surface area contributed by atoms with Crippen LogP contribution < -0.4 is 16.0 Å². The van der Waals surface area contributed by atoms with E-state index in [2.05, 4.69) is 20.9 Å². The van der Waals surface area contributed by atoms with Crippen molar-refractivity contribution in [2.45, 2.75) is 26.7 Å². The van der Waals surface area contributed by atoms with Crippen LogP contribution in [0, 0.1) is 19.8 Å². The van der Waals surface area contributed by atoms with Gasteiger partial charge in [-0.2, -0.15) is 0 Å². The Bertz CT molecular complexity index is 780. The van der Waals surface area contributed by atoms with Gasteiger partial charge in [0.2, 0.25) is 11.8 Å². The molecule has 132 valence electrons. The molecule has 0 bridgehead atoms. The standard InChI is InChI=1S/C18H22N4O3/c1-11-3-6-14(7-15(11)17-21-12(2)10-25-17)22-18(24)20-9-16(23)19-8-13-4-5-13/h3,6-7,10,13H,4-5,8-9H2,1-2H3,(H,19,23)(H2,20,22,24). The second kappa shape index (κ2) is 7.38. The smallest absolute Gasteiger partial charge is 0.319 e. The van der Waals surface area contributed by atoms with Gasteiger partial charge in [-0.15, -0.1) is 0 Å². The summed E-state index contributed by atoms with van der Waals surface area (Å²) in [5.41, 5.74) is 3.20. The highest BCUT2D eigenvalue weighted by Gasteiger charge is 2.21. The van der Waals surface area contributed by atoms with Crippen LogP contribution >= 0.6 is 0 Å². The van der Waals surface area contributed by atoms with Crippen LogP contribution in [0.2, 0.25) is 0 Å². The highest BCUT2D eigenvalue weighted by Crippen LogP contribution is 2.27. The number of hydrogen-bond acceptors (Lipinski definition) is 4. The van der Waals surface area contributed by atoms with Gasteiger partial charge in [0.15, 0.2) is 0 Å². The first kappa shape index (κ1) is 17.0. The molecule has 3 N–H and O–H groups in total. The number of aryl methyl sites for hydroxylation is 2. The molecule has 1 saturated carbocycles. The molecular formula is C18H22N4O3. The maximum absolute atomic E-state index is 12.0. The molecule has 3 rings (SSSR count). The molecule has 7 heteroatoms. The van der Waals surface area contributed by atoms with E-state index in [1.165, 1.54) is 12.8 Å². The third kappa shape index (κ3) is 4.82. The molecule has 1 aliphatic rings. The normalized spacial score (nSPS) is 13.4. The number of carbonyl (C=O) groups is 2. The number of rotatable bonds is 6. The number of nitrogens with one attached hydrogen (secondary N) is 3. The zero-order valence-corrected chi connectivity index (χ0v) is 14.4. The average molecular weight is 342 g/mol. The largest absolute Gasteiger partial charge is 0.444 e. The molecule has 1 heterocycles. The van der Waals surface area contributed by atoms with Crippen LogP contribution in [0.15, 0.2) is 28.9 Å². The van der Waals surface area contributed by atoms with Crippen molar-refractivity contribution < 1.29 is 14.0 Å². The second-order valence-electron chi connectivity index (χ2n) is 6.38. The molecule has 0 unspecified atom stereocenters. The predicted octanol–water partition coefficient (Wildman–Crippen LogP) is 2.61. The lowest BCUT2D eigenvalue weighted by Crippen LogP contribution is -2.39. The second-order valence-corrected chi connectivity index (χ2v) is 6.38. The van der Waals surface area contributed by atoms with Gasteiger partial charge in [0.1, 0.15) is 6.26 Å². The Balaban J connectivity index is 1.54. The van der Waals surface area contributed by atoms with E-state index in [-0.39, 0.29) is 12.5 Å². The predicted molar refractivity (Wildman–Crippen MR) is 94.2 cm³/mol. The summed E-state index contributed by atoms with van der Waals surface area (Å²) in [5.74, 6) is 0.947. The van der Waals surface area contributed by atoms with Crippen LogP contribution in [0.5, 0.6) is 0 Å². The number of benzene rings is 1. The van der Waals surface area contributed by atoms with Crippen molar-refractivity contribution in [1.29, 1.82) is 0 Å². The van der Waals surface area contributed by atoms with E-state index < -0.39 is 6.03 Å². The van der Waals surface area contributed by atoms with Crippen LogP contribution in [0.1, 0.15) is 24.1 Å². The fourth-order valence-electron chi connectivity index (χ4n) is 2.39. The van der Waals surface area contributed by atoms with Gasteiger partial charge in [0.25, 0.3) is 0 Å². The molecule has 7 nitrogen and oxygen atoms in total. The number of amides is 3. The van der Waals surface area contributed by atoms with E-state index in [0.717, 1.165) is 16.8 Å². The molecule has 25 heavy (non-hydrogen) atoms. The van der Waals surface area contributed by atoms with Crippen LogP contribution in [-0.4, -0.2) is 30.0 Å². The Hall–Kier alpha value is -2.83. The number of hydrogen-bond donors (Lipinski definition) is 3. The maximum atomic E-state index is 12.0. The van der Waals surface area contributed by atoms with E-state index in [9.17, 15) is 9.59 Å². The molecule has 1 aliphatic carbocycles. The first-order valence-electron chi connectivity index (χ1n) is 8.36. The summed E-state index contributed by atoms with van der Waals surface area (Å²) in [6, 6.07) is 5.04.